The Bertz CT molecular complexity index is 376. The van der Waals surface area contributed by atoms with E-state index < -0.39 is 0 Å². The molecule has 1 aromatic rings. The zero-order valence-corrected chi connectivity index (χ0v) is 9.50. The first kappa shape index (κ1) is 10.3. The molecule has 82 valence electrons. The van der Waals surface area contributed by atoms with Crippen LogP contribution in [0.1, 0.15) is 31.0 Å². The first-order valence-corrected chi connectivity index (χ1v) is 5.44. The normalized spacial score (nSPS) is 23.7. The van der Waals surface area contributed by atoms with Gasteiger partial charge in [0.2, 0.25) is 0 Å². The van der Waals surface area contributed by atoms with Gasteiger partial charge in [-0.1, -0.05) is 6.92 Å². The van der Waals surface area contributed by atoms with Crippen molar-refractivity contribution in [3.63, 3.8) is 0 Å². The number of ether oxygens (including phenoxy) is 1. The molecule has 3 nitrogen and oxygen atoms in total. The van der Waals surface area contributed by atoms with E-state index in [0.717, 1.165) is 23.5 Å². The van der Waals surface area contributed by atoms with Crippen molar-refractivity contribution in [3.8, 4) is 5.75 Å². The third-order valence-corrected chi connectivity index (χ3v) is 3.03. The van der Waals surface area contributed by atoms with Crippen LogP contribution in [0.3, 0.4) is 0 Å². The molecular formula is C12H18N2O. The number of benzene rings is 1. The Morgan fingerprint density at radius 2 is 2.20 bits per heavy atom. The summed E-state index contributed by atoms with van der Waals surface area (Å²) in [6.07, 6.45) is 0.181. The van der Waals surface area contributed by atoms with Gasteiger partial charge in [0, 0.05) is 11.3 Å². The molecule has 2 rings (SSSR count). The van der Waals surface area contributed by atoms with Crippen molar-refractivity contribution in [2.45, 2.75) is 32.9 Å². The molecule has 1 aliphatic heterocycles. The molecule has 0 radical (unpaired) electrons. The Balaban J connectivity index is 2.46. The van der Waals surface area contributed by atoms with Crippen molar-refractivity contribution in [3.05, 3.63) is 23.3 Å². The summed E-state index contributed by atoms with van der Waals surface area (Å²) in [5, 5.41) is 3.44. The SMILES string of the molecule is CCNC1c2c(ccc(N)c2C)OC1C. The Kier molecular flexibility index (Phi) is 2.57. The van der Waals surface area contributed by atoms with Crippen LogP contribution in [0, 0.1) is 6.92 Å². The molecule has 0 amide bonds. The zero-order chi connectivity index (χ0) is 11.0. The van der Waals surface area contributed by atoms with Crippen LogP contribution in [0.4, 0.5) is 5.69 Å². The molecule has 0 bridgehead atoms. The fourth-order valence-electron chi connectivity index (χ4n) is 2.20. The average Bonchev–Trinajstić information content (AvgIpc) is 2.51. The minimum absolute atomic E-state index is 0.181. The largest absolute Gasteiger partial charge is 0.488 e. The number of fused-ring (bicyclic) bond motifs is 1. The van der Waals surface area contributed by atoms with Gasteiger partial charge in [-0.3, -0.25) is 0 Å². The maximum absolute atomic E-state index is 5.91. The summed E-state index contributed by atoms with van der Waals surface area (Å²) < 4.78 is 5.79. The van der Waals surface area contributed by atoms with Crippen molar-refractivity contribution in [1.82, 2.24) is 5.32 Å². The van der Waals surface area contributed by atoms with E-state index in [4.69, 9.17) is 10.5 Å². The van der Waals surface area contributed by atoms with E-state index >= 15 is 0 Å². The van der Waals surface area contributed by atoms with E-state index in [0.29, 0.717) is 0 Å². The predicted molar refractivity (Wildman–Crippen MR) is 62.1 cm³/mol. The summed E-state index contributed by atoms with van der Waals surface area (Å²) in [6.45, 7) is 7.18. The van der Waals surface area contributed by atoms with Gasteiger partial charge >= 0.3 is 0 Å². The van der Waals surface area contributed by atoms with Crippen molar-refractivity contribution >= 4 is 5.69 Å². The standard InChI is InChI=1S/C12H18N2O/c1-4-14-12-8(3)15-10-6-5-9(13)7(2)11(10)12/h5-6,8,12,14H,4,13H2,1-3H3. The highest BCUT2D eigenvalue weighted by atomic mass is 16.5. The van der Waals surface area contributed by atoms with Crippen LogP contribution in [0.25, 0.3) is 0 Å². The maximum atomic E-state index is 5.91. The number of rotatable bonds is 2. The number of nitrogens with one attached hydrogen (secondary N) is 1. The van der Waals surface area contributed by atoms with E-state index in [-0.39, 0.29) is 12.1 Å². The molecule has 1 aliphatic rings. The zero-order valence-electron chi connectivity index (χ0n) is 9.50. The molecule has 0 fully saturated rings. The van der Waals surface area contributed by atoms with Crippen LogP contribution in [-0.2, 0) is 0 Å². The minimum atomic E-state index is 0.181. The predicted octanol–water partition coefficient (Wildman–Crippen LogP) is 2.01. The monoisotopic (exact) mass is 206 g/mol. The molecule has 0 aliphatic carbocycles. The highest BCUT2D eigenvalue weighted by molar-refractivity contribution is 5.58. The van der Waals surface area contributed by atoms with Crippen LogP contribution in [0.2, 0.25) is 0 Å². The molecule has 1 aromatic carbocycles. The summed E-state index contributed by atoms with van der Waals surface area (Å²) in [6, 6.07) is 4.15. The van der Waals surface area contributed by atoms with E-state index in [1.54, 1.807) is 0 Å². The number of hydrogen-bond donors (Lipinski definition) is 2. The second kappa shape index (κ2) is 3.74. The Morgan fingerprint density at radius 3 is 2.87 bits per heavy atom. The summed E-state index contributed by atoms with van der Waals surface area (Å²) in [5.74, 6) is 0.972. The summed E-state index contributed by atoms with van der Waals surface area (Å²) >= 11 is 0. The van der Waals surface area contributed by atoms with E-state index in [9.17, 15) is 0 Å². The lowest BCUT2D eigenvalue weighted by Gasteiger charge is -2.16. The number of hydrogen-bond acceptors (Lipinski definition) is 3. The van der Waals surface area contributed by atoms with Gasteiger partial charge in [0.15, 0.2) is 0 Å². The van der Waals surface area contributed by atoms with Gasteiger partial charge in [0.05, 0.1) is 6.04 Å². The maximum Gasteiger partial charge on any atom is 0.125 e. The van der Waals surface area contributed by atoms with Gasteiger partial charge < -0.3 is 15.8 Å². The quantitative estimate of drug-likeness (QED) is 0.728. The number of likely N-dealkylation sites (N-methyl/N-ethyl adjacent to an activating group) is 1. The second-order valence-corrected chi connectivity index (χ2v) is 4.05. The first-order valence-electron chi connectivity index (χ1n) is 5.44. The Labute approximate surface area is 90.6 Å². The highest BCUT2D eigenvalue weighted by Crippen LogP contribution is 2.40. The highest BCUT2D eigenvalue weighted by Gasteiger charge is 2.32. The molecule has 2 atom stereocenters. The molecular weight excluding hydrogens is 188 g/mol. The number of nitrogens with two attached hydrogens (primary N) is 1. The molecule has 3 heteroatoms. The fraction of sp³-hybridized carbons (Fsp3) is 0.500. The fourth-order valence-corrected chi connectivity index (χ4v) is 2.20. The molecule has 1 heterocycles. The van der Waals surface area contributed by atoms with Crippen LogP contribution >= 0.6 is 0 Å². The Hall–Kier alpha value is -1.22. The van der Waals surface area contributed by atoms with Crippen molar-refractivity contribution < 1.29 is 4.74 Å². The van der Waals surface area contributed by atoms with Crippen molar-refractivity contribution in [2.24, 2.45) is 0 Å². The Morgan fingerprint density at radius 1 is 1.47 bits per heavy atom. The number of nitrogen functional groups attached to an aromatic ring is 1. The van der Waals surface area contributed by atoms with Crippen LogP contribution in [0.5, 0.6) is 5.75 Å². The van der Waals surface area contributed by atoms with Gasteiger partial charge in [0.25, 0.3) is 0 Å². The molecule has 2 unspecified atom stereocenters. The lowest BCUT2D eigenvalue weighted by atomic mass is 9.98. The summed E-state index contributed by atoms with van der Waals surface area (Å²) in [5.41, 5.74) is 9.12. The average molecular weight is 206 g/mol. The molecule has 3 N–H and O–H groups in total. The number of anilines is 1. The van der Waals surface area contributed by atoms with Crippen LogP contribution < -0.4 is 15.8 Å². The second-order valence-electron chi connectivity index (χ2n) is 4.05. The molecule has 0 saturated carbocycles. The van der Waals surface area contributed by atoms with Gasteiger partial charge in [-0.05, 0) is 38.1 Å². The van der Waals surface area contributed by atoms with Gasteiger partial charge in [0.1, 0.15) is 11.9 Å². The lowest BCUT2D eigenvalue weighted by Crippen LogP contribution is -2.29. The smallest absolute Gasteiger partial charge is 0.125 e. The van der Waals surface area contributed by atoms with E-state index in [1.165, 1.54) is 5.56 Å². The van der Waals surface area contributed by atoms with Gasteiger partial charge in [-0.25, -0.2) is 0 Å². The van der Waals surface area contributed by atoms with E-state index in [1.807, 2.05) is 12.1 Å². The topological polar surface area (TPSA) is 47.3 Å². The molecule has 0 spiro atoms. The van der Waals surface area contributed by atoms with Gasteiger partial charge in [-0.2, -0.15) is 0 Å². The van der Waals surface area contributed by atoms with E-state index in [2.05, 4.69) is 26.1 Å². The third kappa shape index (κ3) is 1.57. The third-order valence-electron chi connectivity index (χ3n) is 3.03. The summed E-state index contributed by atoms with van der Waals surface area (Å²) in [4.78, 5) is 0. The molecule has 15 heavy (non-hydrogen) atoms. The summed E-state index contributed by atoms with van der Waals surface area (Å²) in [7, 11) is 0. The molecule has 0 saturated heterocycles. The van der Waals surface area contributed by atoms with Crippen molar-refractivity contribution in [1.29, 1.82) is 0 Å². The first-order chi connectivity index (χ1) is 7.15. The van der Waals surface area contributed by atoms with Crippen molar-refractivity contribution in [2.75, 3.05) is 12.3 Å². The van der Waals surface area contributed by atoms with Crippen LogP contribution in [0.15, 0.2) is 12.1 Å². The van der Waals surface area contributed by atoms with Crippen LogP contribution in [-0.4, -0.2) is 12.6 Å². The lowest BCUT2D eigenvalue weighted by molar-refractivity contribution is 0.211. The minimum Gasteiger partial charge on any atom is -0.488 e. The molecule has 0 aromatic heterocycles. The van der Waals surface area contributed by atoms with Gasteiger partial charge in [-0.15, -0.1) is 0 Å².